The molecule has 0 aliphatic rings. The molecule has 0 spiro atoms. The smallest absolute Gasteiger partial charge is 0.268 e. The summed E-state index contributed by atoms with van der Waals surface area (Å²) in [6.07, 6.45) is 3.76. The van der Waals surface area contributed by atoms with Crippen molar-refractivity contribution in [3.63, 3.8) is 0 Å². The molecule has 0 radical (unpaired) electrons. The lowest BCUT2D eigenvalue weighted by Crippen LogP contribution is -2.23. The molecule has 0 saturated heterocycles. The van der Waals surface area contributed by atoms with Gasteiger partial charge in [-0.15, -0.1) is 0 Å². The summed E-state index contributed by atoms with van der Waals surface area (Å²) in [5.41, 5.74) is 0.761. The largest absolute Gasteiger partial charge is 0.381 e. The van der Waals surface area contributed by atoms with Crippen molar-refractivity contribution in [2.45, 2.75) is 46.2 Å². The van der Waals surface area contributed by atoms with Crippen molar-refractivity contribution in [1.29, 1.82) is 0 Å². The topological polar surface area (TPSA) is 46.9 Å². The van der Waals surface area contributed by atoms with E-state index in [9.17, 15) is 4.79 Å². The Hall–Kier alpha value is -1.32. The van der Waals surface area contributed by atoms with Crippen LogP contribution in [-0.4, -0.2) is 15.8 Å². The molecule has 0 fully saturated rings. The van der Waals surface area contributed by atoms with Crippen molar-refractivity contribution in [2.75, 3.05) is 5.32 Å². The lowest BCUT2D eigenvalue weighted by Gasteiger charge is -2.10. The lowest BCUT2D eigenvalue weighted by atomic mass is 10.3. The Morgan fingerprint density at radius 2 is 2.27 bits per heavy atom. The Morgan fingerprint density at radius 1 is 1.53 bits per heavy atom. The summed E-state index contributed by atoms with van der Waals surface area (Å²) in [6.45, 7) is 6.86. The first-order valence-electron chi connectivity index (χ1n) is 5.47. The zero-order chi connectivity index (χ0) is 11.3. The third-order valence-corrected chi connectivity index (χ3v) is 2.05. The number of unbranched alkanes of at least 4 members (excludes halogenated alkanes) is 1. The molecule has 1 heterocycles. The standard InChI is InChI=1S/C11H19N3O/c1-4-5-6-14-11(15)7-10(8-12-14)13-9(2)3/h7-9,13H,4-6H2,1-3H3. The quantitative estimate of drug-likeness (QED) is 0.805. The molecule has 4 heteroatoms. The highest BCUT2D eigenvalue weighted by molar-refractivity contribution is 5.39. The van der Waals surface area contributed by atoms with Gasteiger partial charge in [0.25, 0.3) is 5.56 Å². The first kappa shape index (κ1) is 11.8. The highest BCUT2D eigenvalue weighted by Crippen LogP contribution is 2.02. The van der Waals surface area contributed by atoms with Crippen LogP contribution in [0, 0.1) is 0 Å². The van der Waals surface area contributed by atoms with Gasteiger partial charge < -0.3 is 5.32 Å². The summed E-state index contributed by atoms with van der Waals surface area (Å²) in [7, 11) is 0. The Labute approximate surface area is 90.3 Å². The normalized spacial score (nSPS) is 10.7. The predicted molar refractivity (Wildman–Crippen MR) is 62.2 cm³/mol. The molecular weight excluding hydrogens is 190 g/mol. The van der Waals surface area contributed by atoms with Gasteiger partial charge in [0.1, 0.15) is 0 Å². The Balaban J connectivity index is 2.74. The van der Waals surface area contributed by atoms with Gasteiger partial charge in [-0.25, -0.2) is 4.68 Å². The monoisotopic (exact) mass is 209 g/mol. The number of hydrogen-bond acceptors (Lipinski definition) is 3. The van der Waals surface area contributed by atoms with Crippen molar-refractivity contribution in [3.8, 4) is 0 Å². The van der Waals surface area contributed by atoms with Crippen LogP contribution in [-0.2, 0) is 6.54 Å². The van der Waals surface area contributed by atoms with Crippen LogP contribution in [0.5, 0.6) is 0 Å². The van der Waals surface area contributed by atoms with E-state index >= 15 is 0 Å². The molecule has 0 bridgehead atoms. The fourth-order valence-electron chi connectivity index (χ4n) is 1.32. The van der Waals surface area contributed by atoms with E-state index in [0.29, 0.717) is 12.6 Å². The highest BCUT2D eigenvalue weighted by atomic mass is 16.1. The van der Waals surface area contributed by atoms with Crippen molar-refractivity contribution in [2.24, 2.45) is 0 Å². The minimum Gasteiger partial charge on any atom is -0.381 e. The number of nitrogens with zero attached hydrogens (tertiary/aromatic N) is 2. The molecule has 1 rings (SSSR count). The number of hydrogen-bond donors (Lipinski definition) is 1. The van der Waals surface area contributed by atoms with Gasteiger partial charge in [0.2, 0.25) is 0 Å². The zero-order valence-electron chi connectivity index (χ0n) is 9.66. The molecule has 0 aliphatic heterocycles. The van der Waals surface area contributed by atoms with Crippen LogP contribution in [0.25, 0.3) is 0 Å². The van der Waals surface area contributed by atoms with Crippen molar-refractivity contribution >= 4 is 5.69 Å². The number of anilines is 1. The van der Waals surface area contributed by atoms with Crippen LogP contribution >= 0.6 is 0 Å². The lowest BCUT2D eigenvalue weighted by molar-refractivity contribution is 0.543. The maximum atomic E-state index is 11.6. The summed E-state index contributed by atoms with van der Waals surface area (Å²) in [6, 6.07) is 1.92. The number of aromatic nitrogens is 2. The van der Waals surface area contributed by atoms with E-state index in [1.165, 1.54) is 4.68 Å². The van der Waals surface area contributed by atoms with Gasteiger partial charge in [-0.05, 0) is 20.3 Å². The Morgan fingerprint density at radius 3 is 2.80 bits per heavy atom. The van der Waals surface area contributed by atoms with E-state index in [-0.39, 0.29) is 5.56 Å². The minimum atomic E-state index is -0.0332. The molecule has 15 heavy (non-hydrogen) atoms. The van der Waals surface area contributed by atoms with Crippen LogP contribution < -0.4 is 10.9 Å². The third kappa shape index (κ3) is 3.73. The minimum absolute atomic E-state index is 0.0332. The summed E-state index contributed by atoms with van der Waals surface area (Å²) < 4.78 is 1.51. The fourth-order valence-corrected chi connectivity index (χ4v) is 1.32. The van der Waals surface area contributed by atoms with Gasteiger partial charge in [0, 0.05) is 18.7 Å². The Bertz CT molecular complexity index is 357. The van der Waals surface area contributed by atoms with Crippen LogP contribution in [0.3, 0.4) is 0 Å². The zero-order valence-corrected chi connectivity index (χ0v) is 9.66. The summed E-state index contributed by atoms with van der Waals surface area (Å²) in [4.78, 5) is 11.6. The molecule has 0 aliphatic carbocycles. The molecule has 0 unspecified atom stereocenters. The summed E-state index contributed by atoms with van der Waals surface area (Å²) in [5.74, 6) is 0. The summed E-state index contributed by atoms with van der Waals surface area (Å²) in [5, 5.41) is 7.26. The van der Waals surface area contributed by atoms with E-state index in [4.69, 9.17) is 0 Å². The molecule has 1 N–H and O–H groups in total. The van der Waals surface area contributed by atoms with Crippen LogP contribution in [0.2, 0.25) is 0 Å². The molecule has 0 saturated carbocycles. The molecule has 1 aromatic rings. The third-order valence-electron chi connectivity index (χ3n) is 2.05. The van der Waals surface area contributed by atoms with Crippen LogP contribution in [0.15, 0.2) is 17.1 Å². The second-order valence-corrected chi connectivity index (χ2v) is 3.96. The SMILES string of the molecule is CCCCn1ncc(NC(C)C)cc1=O. The van der Waals surface area contributed by atoms with Crippen LogP contribution in [0.4, 0.5) is 5.69 Å². The van der Waals surface area contributed by atoms with Crippen molar-refractivity contribution in [3.05, 3.63) is 22.6 Å². The number of nitrogens with one attached hydrogen (secondary N) is 1. The average Bonchev–Trinajstić information content (AvgIpc) is 2.15. The van der Waals surface area contributed by atoms with E-state index in [1.807, 2.05) is 13.8 Å². The van der Waals surface area contributed by atoms with Gasteiger partial charge >= 0.3 is 0 Å². The van der Waals surface area contributed by atoms with E-state index in [2.05, 4.69) is 17.3 Å². The van der Waals surface area contributed by atoms with Crippen molar-refractivity contribution in [1.82, 2.24) is 9.78 Å². The fraction of sp³-hybridized carbons (Fsp3) is 0.636. The van der Waals surface area contributed by atoms with E-state index < -0.39 is 0 Å². The molecule has 0 amide bonds. The van der Waals surface area contributed by atoms with Gasteiger partial charge in [-0.2, -0.15) is 5.10 Å². The summed E-state index contributed by atoms with van der Waals surface area (Å²) >= 11 is 0. The first-order valence-corrected chi connectivity index (χ1v) is 5.47. The van der Waals surface area contributed by atoms with Gasteiger partial charge in [0.05, 0.1) is 11.9 Å². The van der Waals surface area contributed by atoms with E-state index in [1.54, 1.807) is 12.3 Å². The first-order chi connectivity index (χ1) is 7.13. The molecule has 0 aromatic carbocycles. The molecule has 0 atom stereocenters. The van der Waals surface area contributed by atoms with Gasteiger partial charge in [-0.1, -0.05) is 13.3 Å². The second-order valence-electron chi connectivity index (χ2n) is 3.96. The Kier molecular flexibility index (Phi) is 4.34. The maximum absolute atomic E-state index is 11.6. The average molecular weight is 209 g/mol. The maximum Gasteiger partial charge on any atom is 0.268 e. The van der Waals surface area contributed by atoms with Gasteiger partial charge in [0.15, 0.2) is 0 Å². The second kappa shape index (κ2) is 5.53. The predicted octanol–water partition coefficient (Wildman–Crippen LogP) is 1.86. The number of rotatable bonds is 5. The van der Waals surface area contributed by atoms with E-state index in [0.717, 1.165) is 18.5 Å². The number of aryl methyl sites for hydroxylation is 1. The molecule has 4 nitrogen and oxygen atoms in total. The molecular formula is C11H19N3O. The van der Waals surface area contributed by atoms with Crippen LogP contribution in [0.1, 0.15) is 33.6 Å². The van der Waals surface area contributed by atoms with Crippen molar-refractivity contribution < 1.29 is 0 Å². The van der Waals surface area contributed by atoms with Gasteiger partial charge in [-0.3, -0.25) is 4.79 Å². The molecule has 1 aromatic heterocycles. The highest BCUT2D eigenvalue weighted by Gasteiger charge is 2.00. The molecule has 84 valence electrons.